The highest BCUT2D eigenvalue weighted by atomic mass is 35.5. The fourth-order valence-corrected chi connectivity index (χ4v) is 4.62. The Hall–Kier alpha value is -4.61. The summed E-state index contributed by atoms with van der Waals surface area (Å²) in [6, 6.07) is 15.8. The molecular weight excluding hydrogens is 563 g/mol. The molecule has 216 valence electrons. The number of rotatable bonds is 7. The SMILES string of the molecule is COc1cc2ncnc(Nc3ccc(F)c(Cl)c3)c2cc1OCCN1CC(=O)O[C@@H](C)C1.c1ccc2ncncc2c1. The van der Waals surface area contributed by atoms with Gasteiger partial charge in [-0.25, -0.2) is 24.3 Å². The van der Waals surface area contributed by atoms with Gasteiger partial charge in [-0.3, -0.25) is 9.69 Å². The summed E-state index contributed by atoms with van der Waals surface area (Å²) in [4.78, 5) is 30.2. The Morgan fingerprint density at radius 2 is 1.90 bits per heavy atom. The standard InChI is InChI=1S/C22H22ClFN4O4.C8H6N2/c1-13-10-28(11-21(29)32-13)5-6-31-20-8-15-18(9-19(20)30-2)25-12-26-22(15)27-14-3-4-17(24)16(23)7-14;1-2-4-8-7(3-1)5-9-6-10-8/h3-4,7-9,12-13H,5-6,10-11H2,1-2H3,(H,25,26,27);1-6H/t13-;/m0./s1. The second-order valence-corrected chi connectivity index (χ2v) is 9.87. The van der Waals surface area contributed by atoms with Gasteiger partial charge in [0, 0.05) is 41.8 Å². The van der Waals surface area contributed by atoms with E-state index in [0.29, 0.717) is 53.6 Å². The number of halogens is 2. The molecule has 1 N–H and O–H groups in total. The zero-order chi connectivity index (χ0) is 29.5. The van der Waals surface area contributed by atoms with Gasteiger partial charge in [0.1, 0.15) is 37.0 Å². The van der Waals surface area contributed by atoms with Crippen LogP contribution in [0.5, 0.6) is 11.5 Å². The van der Waals surface area contributed by atoms with E-state index in [1.807, 2.05) is 42.3 Å². The summed E-state index contributed by atoms with van der Waals surface area (Å²) in [5.74, 6) is 0.821. The molecule has 42 heavy (non-hydrogen) atoms. The van der Waals surface area contributed by atoms with Crippen LogP contribution in [0.1, 0.15) is 6.92 Å². The second-order valence-electron chi connectivity index (χ2n) is 9.46. The molecule has 10 nitrogen and oxygen atoms in total. The Morgan fingerprint density at radius 3 is 2.69 bits per heavy atom. The first-order chi connectivity index (χ1) is 20.4. The van der Waals surface area contributed by atoms with E-state index in [0.717, 1.165) is 10.9 Å². The van der Waals surface area contributed by atoms with Crippen molar-refractivity contribution in [2.24, 2.45) is 0 Å². The number of esters is 1. The molecule has 0 amide bonds. The highest BCUT2D eigenvalue weighted by Gasteiger charge is 2.23. The molecule has 1 saturated heterocycles. The van der Waals surface area contributed by atoms with Crippen molar-refractivity contribution >= 4 is 50.9 Å². The Labute approximate surface area is 246 Å². The van der Waals surface area contributed by atoms with Crippen LogP contribution in [0, 0.1) is 5.82 Å². The van der Waals surface area contributed by atoms with Gasteiger partial charge < -0.3 is 19.5 Å². The third-order valence-corrected chi connectivity index (χ3v) is 6.67. The van der Waals surface area contributed by atoms with Gasteiger partial charge in [0.25, 0.3) is 0 Å². The molecule has 3 heterocycles. The first kappa shape index (κ1) is 28.9. The van der Waals surface area contributed by atoms with Crippen molar-refractivity contribution in [3.8, 4) is 11.5 Å². The smallest absolute Gasteiger partial charge is 0.320 e. The van der Waals surface area contributed by atoms with Crippen LogP contribution in [0.4, 0.5) is 15.9 Å². The summed E-state index contributed by atoms with van der Waals surface area (Å²) in [6.07, 6.45) is 4.65. The van der Waals surface area contributed by atoms with Crippen LogP contribution in [-0.2, 0) is 9.53 Å². The summed E-state index contributed by atoms with van der Waals surface area (Å²) >= 11 is 5.89. The minimum absolute atomic E-state index is 0.00923. The van der Waals surface area contributed by atoms with Crippen LogP contribution in [-0.4, -0.2) is 70.3 Å². The fourth-order valence-electron chi connectivity index (χ4n) is 4.43. The summed E-state index contributed by atoms with van der Waals surface area (Å²) in [5, 5.41) is 4.93. The molecule has 0 spiro atoms. The number of carbonyl (C=O) groups is 1. The Bertz CT molecular complexity index is 1640. The van der Waals surface area contributed by atoms with E-state index >= 15 is 0 Å². The van der Waals surface area contributed by atoms with Gasteiger partial charge in [-0.15, -0.1) is 0 Å². The minimum atomic E-state index is -0.499. The fraction of sp³-hybridized carbons (Fsp3) is 0.233. The number of carbonyl (C=O) groups excluding carboxylic acids is 1. The number of aromatic nitrogens is 4. The number of hydrogen-bond acceptors (Lipinski definition) is 10. The molecule has 5 aromatic rings. The van der Waals surface area contributed by atoms with Crippen LogP contribution in [0.25, 0.3) is 21.8 Å². The van der Waals surface area contributed by atoms with E-state index < -0.39 is 5.82 Å². The van der Waals surface area contributed by atoms with Crippen molar-refractivity contribution in [1.82, 2.24) is 24.8 Å². The van der Waals surface area contributed by atoms with Crippen molar-refractivity contribution in [3.63, 3.8) is 0 Å². The summed E-state index contributed by atoms with van der Waals surface area (Å²) in [5.41, 5.74) is 2.23. The molecule has 2 aromatic heterocycles. The van der Waals surface area contributed by atoms with E-state index in [1.165, 1.54) is 18.5 Å². The molecule has 0 unspecified atom stereocenters. The number of benzene rings is 3. The molecule has 1 aliphatic heterocycles. The van der Waals surface area contributed by atoms with Crippen molar-refractivity contribution in [1.29, 1.82) is 0 Å². The largest absolute Gasteiger partial charge is 0.493 e. The number of methoxy groups -OCH3 is 1. The molecule has 0 saturated carbocycles. The number of nitrogens with one attached hydrogen (secondary N) is 1. The monoisotopic (exact) mass is 590 g/mol. The third-order valence-electron chi connectivity index (χ3n) is 6.38. The van der Waals surface area contributed by atoms with Crippen LogP contribution in [0.2, 0.25) is 5.02 Å². The first-order valence-corrected chi connectivity index (χ1v) is 13.5. The van der Waals surface area contributed by atoms with Gasteiger partial charge in [-0.2, -0.15) is 0 Å². The van der Waals surface area contributed by atoms with Crippen LogP contribution in [0.15, 0.2) is 73.4 Å². The lowest BCUT2D eigenvalue weighted by atomic mass is 10.2. The van der Waals surface area contributed by atoms with Crippen LogP contribution >= 0.6 is 11.6 Å². The van der Waals surface area contributed by atoms with Gasteiger partial charge in [0.15, 0.2) is 11.5 Å². The van der Waals surface area contributed by atoms with E-state index in [2.05, 4.69) is 25.3 Å². The molecule has 1 aliphatic rings. The number of fused-ring (bicyclic) bond motifs is 2. The third kappa shape index (κ3) is 7.17. The Kier molecular flexibility index (Phi) is 9.20. The lowest BCUT2D eigenvalue weighted by Crippen LogP contribution is -2.45. The maximum Gasteiger partial charge on any atom is 0.320 e. The lowest BCUT2D eigenvalue weighted by molar-refractivity contribution is -0.157. The molecule has 1 fully saturated rings. The van der Waals surface area contributed by atoms with Gasteiger partial charge in [0.05, 0.1) is 29.7 Å². The average molecular weight is 591 g/mol. The van der Waals surface area contributed by atoms with Crippen LogP contribution < -0.4 is 14.8 Å². The number of para-hydroxylation sites is 1. The molecule has 0 bridgehead atoms. The summed E-state index contributed by atoms with van der Waals surface area (Å²) < 4.78 is 30.1. The predicted molar refractivity (Wildman–Crippen MR) is 158 cm³/mol. The normalized spacial score (nSPS) is 15.0. The average Bonchev–Trinajstić information content (AvgIpc) is 2.99. The lowest BCUT2D eigenvalue weighted by Gasteiger charge is -2.29. The molecule has 6 rings (SSSR count). The van der Waals surface area contributed by atoms with Crippen molar-refractivity contribution in [2.75, 3.05) is 38.7 Å². The topological polar surface area (TPSA) is 112 Å². The van der Waals surface area contributed by atoms with E-state index in [4.69, 9.17) is 25.8 Å². The van der Waals surface area contributed by atoms with E-state index in [9.17, 15) is 9.18 Å². The van der Waals surface area contributed by atoms with E-state index in [1.54, 1.807) is 31.6 Å². The second kappa shape index (κ2) is 13.4. The maximum absolute atomic E-state index is 13.5. The molecule has 0 aliphatic carbocycles. The number of cyclic esters (lactones) is 1. The molecule has 3 aromatic carbocycles. The number of morpholine rings is 1. The first-order valence-electron chi connectivity index (χ1n) is 13.1. The zero-order valence-electron chi connectivity index (χ0n) is 23.0. The van der Waals surface area contributed by atoms with Crippen LogP contribution in [0.3, 0.4) is 0 Å². The highest BCUT2D eigenvalue weighted by Crippen LogP contribution is 2.35. The molecule has 1 atom stereocenters. The molecular formula is C30H28ClFN6O4. The molecule has 12 heteroatoms. The predicted octanol–water partition coefficient (Wildman–Crippen LogP) is 5.43. The van der Waals surface area contributed by atoms with E-state index in [-0.39, 0.29) is 23.6 Å². The number of ether oxygens (including phenoxy) is 3. The number of anilines is 2. The summed E-state index contributed by atoms with van der Waals surface area (Å²) in [7, 11) is 1.55. The maximum atomic E-state index is 13.5. The number of nitrogens with zero attached hydrogens (tertiary/aromatic N) is 5. The van der Waals surface area contributed by atoms with Gasteiger partial charge in [0.2, 0.25) is 0 Å². The quantitative estimate of drug-likeness (QED) is 0.246. The van der Waals surface area contributed by atoms with Crippen molar-refractivity contribution < 1.29 is 23.4 Å². The van der Waals surface area contributed by atoms with Crippen molar-refractivity contribution in [2.45, 2.75) is 13.0 Å². The minimum Gasteiger partial charge on any atom is -0.493 e. The van der Waals surface area contributed by atoms with Gasteiger partial charge >= 0.3 is 5.97 Å². The zero-order valence-corrected chi connectivity index (χ0v) is 23.7. The number of hydrogen-bond donors (Lipinski definition) is 1. The Morgan fingerprint density at radius 1 is 1.07 bits per heavy atom. The molecule has 0 radical (unpaired) electrons. The van der Waals surface area contributed by atoms with Crippen molar-refractivity contribution in [3.05, 3.63) is 84.3 Å². The highest BCUT2D eigenvalue weighted by molar-refractivity contribution is 6.31. The summed E-state index contributed by atoms with van der Waals surface area (Å²) in [6.45, 7) is 3.67. The van der Waals surface area contributed by atoms with Gasteiger partial charge in [-0.05, 0) is 37.3 Å². The van der Waals surface area contributed by atoms with Gasteiger partial charge in [-0.1, -0.05) is 29.8 Å². The Balaban J connectivity index is 0.000000295.